The lowest BCUT2D eigenvalue weighted by atomic mass is 10.1. The fraction of sp³-hybridized carbons (Fsp3) is 0.176. The van der Waals surface area contributed by atoms with Crippen molar-refractivity contribution in [2.45, 2.75) is 0 Å². The van der Waals surface area contributed by atoms with Crippen LogP contribution in [-0.2, 0) is 0 Å². The molecule has 26 heavy (non-hydrogen) atoms. The van der Waals surface area contributed by atoms with Crippen LogP contribution in [0.25, 0.3) is 0 Å². The Morgan fingerprint density at radius 2 is 1.92 bits per heavy atom. The van der Waals surface area contributed by atoms with Crippen LogP contribution in [0.3, 0.4) is 0 Å². The third-order valence-electron chi connectivity index (χ3n) is 3.63. The quantitative estimate of drug-likeness (QED) is 0.479. The van der Waals surface area contributed by atoms with Crippen molar-refractivity contribution in [3.8, 4) is 5.75 Å². The number of hydrogen-bond donors (Lipinski definition) is 2. The molecule has 9 heteroatoms. The van der Waals surface area contributed by atoms with E-state index in [2.05, 4.69) is 5.32 Å². The highest BCUT2D eigenvalue weighted by Gasteiger charge is 2.20. The van der Waals surface area contributed by atoms with E-state index < -0.39 is 10.8 Å². The maximum Gasteiger partial charge on any atom is 0.292 e. The molecule has 0 heterocycles. The molecule has 0 spiro atoms. The number of benzene rings is 2. The zero-order chi connectivity index (χ0) is 19.4. The van der Waals surface area contributed by atoms with Crippen molar-refractivity contribution in [1.29, 1.82) is 0 Å². The van der Waals surface area contributed by atoms with E-state index in [1.807, 2.05) is 0 Å². The molecule has 0 aliphatic rings. The number of nitro benzene ring substituents is 1. The normalized spacial score (nSPS) is 10.1. The summed E-state index contributed by atoms with van der Waals surface area (Å²) in [4.78, 5) is 36.3. The summed E-state index contributed by atoms with van der Waals surface area (Å²) in [6, 6.07) is 8.53. The van der Waals surface area contributed by atoms with Crippen LogP contribution in [0.1, 0.15) is 20.7 Å². The lowest BCUT2D eigenvalue weighted by molar-refractivity contribution is -0.383. The number of nitrogen functional groups attached to an aromatic ring is 1. The zero-order valence-corrected chi connectivity index (χ0v) is 14.5. The summed E-state index contributed by atoms with van der Waals surface area (Å²) in [5.74, 6) is -0.574. The molecule has 0 fully saturated rings. The average Bonchev–Trinajstić information content (AvgIpc) is 2.60. The van der Waals surface area contributed by atoms with Crippen LogP contribution in [0, 0.1) is 10.1 Å². The molecule has 3 N–H and O–H groups in total. The number of rotatable bonds is 5. The van der Waals surface area contributed by atoms with Crippen molar-refractivity contribution in [3.63, 3.8) is 0 Å². The molecule has 2 aromatic carbocycles. The third kappa shape index (κ3) is 3.72. The number of hydrogen-bond acceptors (Lipinski definition) is 6. The van der Waals surface area contributed by atoms with Gasteiger partial charge in [-0.25, -0.2) is 0 Å². The van der Waals surface area contributed by atoms with Gasteiger partial charge >= 0.3 is 0 Å². The standard InChI is InChI=1S/C17H18N4O5/c1-20(2)17(23)10-7-8-14(26-3)12(9-10)19-16(22)11-5-4-6-13(15(11)18)21(24)25/h4-9H,18H2,1-3H3,(H,19,22). The highest BCUT2D eigenvalue weighted by molar-refractivity contribution is 6.10. The smallest absolute Gasteiger partial charge is 0.292 e. The number of nitrogens with two attached hydrogens (primary N) is 1. The summed E-state index contributed by atoms with van der Waals surface area (Å²) in [6.07, 6.45) is 0. The molecule has 0 saturated heterocycles. The summed E-state index contributed by atoms with van der Waals surface area (Å²) in [5.41, 5.74) is 5.67. The molecular formula is C17H18N4O5. The van der Waals surface area contributed by atoms with Gasteiger partial charge in [0.25, 0.3) is 17.5 Å². The second-order valence-electron chi connectivity index (χ2n) is 5.56. The Bertz CT molecular complexity index is 879. The minimum absolute atomic E-state index is 0.0504. The van der Waals surface area contributed by atoms with Gasteiger partial charge in [-0.3, -0.25) is 19.7 Å². The van der Waals surface area contributed by atoms with E-state index in [-0.39, 0.29) is 28.5 Å². The average molecular weight is 358 g/mol. The van der Waals surface area contributed by atoms with E-state index in [1.165, 1.54) is 36.3 Å². The number of anilines is 2. The first-order valence-corrected chi connectivity index (χ1v) is 7.50. The van der Waals surface area contributed by atoms with Gasteiger partial charge in [0.1, 0.15) is 11.4 Å². The number of amides is 2. The van der Waals surface area contributed by atoms with Crippen molar-refractivity contribution in [2.75, 3.05) is 32.3 Å². The van der Waals surface area contributed by atoms with Crippen molar-refractivity contribution >= 4 is 28.9 Å². The van der Waals surface area contributed by atoms with Gasteiger partial charge in [-0.2, -0.15) is 0 Å². The Labute approximate surface area is 149 Å². The molecule has 2 aromatic rings. The maximum atomic E-state index is 12.5. The number of nitro groups is 1. The van der Waals surface area contributed by atoms with Crippen molar-refractivity contribution in [3.05, 3.63) is 57.6 Å². The molecule has 2 amide bonds. The summed E-state index contributed by atoms with van der Waals surface area (Å²) in [6.45, 7) is 0. The van der Waals surface area contributed by atoms with Crippen LogP contribution >= 0.6 is 0 Å². The fourth-order valence-electron chi connectivity index (χ4n) is 2.30. The van der Waals surface area contributed by atoms with E-state index in [9.17, 15) is 19.7 Å². The molecule has 0 atom stereocenters. The molecule has 0 aliphatic carbocycles. The second kappa shape index (κ2) is 7.51. The highest BCUT2D eigenvalue weighted by atomic mass is 16.6. The van der Waals surface area contributed by atoms with E-state index in [1.54, 1.807) is 26.2 Å². The Kier molecular flexibility index (Phi) is 5.41. The van der Waals surface area contributed by atoms with Crippen molar-refractivity contribution in [1.82, 2.24) is 4.90 Å². The molecule has 0 unspecified atom stereocenters. The number of para-hydroxylation sites is 1. The predicted molar refractivity (Wildman–Crippen MR) is 96.5 cm³/mol. The summed E-state index contributed by atoms with van der Waals surface area (Å²) in [5, 5.41) is 13.6. The minimum atomic E-state index is -0.664. The van der Waals surface area contributed by atoms with Gasteiger partial charge in [-0.05, 0) is 24.3 Å². The maximum absolute atomic E-state index is 12.5. The lowest BCUT2D eigenvalue weighted by Gasteiger charge is -2.15. The van der Waals surface area contributed by atoms with Crippen molar-refractivity contribution in [2.24, 2.45) is 0 Å². The molecule has 0 aliphatic heterocycles. The Morgan fingerprint density at radius 3 is 2.50 bits per heavy atom. The van der Waals surface area contributed by atoms with Gasteiger partial charge in [-0.1, -0.05) is 6.07 Å². The summed E-state index contributed by atoms with van der Waals surface area (Å²) < 4.78 is 5.19. The Balaban J connectivity index is 2.40. The van der Waals surface area contributed by atoms with Gasteiger partial charge < -0.3 is 20.7 Å². The van der Waals surface area contributed by atoms with Crippen LogP contribution in [0.4, 0.5) is 17.1 Å². The number of methoxy groups -OCH3 is 1. The van der Waals surface area contributed by atoms with Gasteiger partial charge in [0.2, 0.25) is 0 Å². The fourth-order valence-corrected chi connectivity index (χ4v) is 2.30. The van der Waals surface area contributed by atoms with Crippen molar-refractivity contribution < 1.29 is 19.2 Å². The number of ether oxygens (including phenoxy) is 1. The molecular weight excluding hydrogens is 340 g/mol. The van der Waals surface area contributed by atoms with Crippen LogP contribution in [0.5, 0.6) is 5.75 Å². The van der Waals surface area contributed by atoms with Gasteiger partial charge in [0, 0.05) is 25.7 Å². The first-order chi connectivity index (χ1) is 12.3. The topological polar surface area (TPSA) is 128 Å². The lowest BCUT2D eigenvalue weighted by Crippen LogP contribution is -2.22. The number of nitrogens with one attached hydrogen (secondary N) is 1. The van der Waals surface area contributed by atoms with Gasteiger partial charge in [0.15, 0.2) is 0 Å². The first kappa shape index (κ1) is 18.7. The monoisotopic (exact) mass is 358 g/mol. The van der Waals surface area contributed by atoms with Crippen LogP contribution in [-0.4, -0.2) is 42.8 Å². The molecule has 2 rings (SSSR count). The largest absolute Gasteiger partial charge is 0.495 e. The third-order valence-corrected chi connectivity index (χ3v) is 3.63. The van der Waals surface area contributed by atoms with E-state index in [0.29, 0.717) is 11.3 Å². The number of nitrogens with zero attached hydrogens (tertiary/aromatic N) is 2. The molecule has 0 aromatic heterocycles. The first-order valence-electron chi connectivity index (χ1n) is 7.50. The van der Waals surface area contributed by atoms with Gasteiger partial charge in [-0.15, -0.1) is 0 Å². The summed E-state index contributed by atoms with van der Waals surface area (Å²) >= 11 is 0. The second-order valence-corrected chi connectivity index (χ2v) is 5.56. The van der Waals surface area contributed by atoms with E-state index >= 15 is 0 Å². The van der Waals surface area contributed by atoms with E-state index in [0.717, 1.165) is 0 Å². The Hall–Kier alpha value is -3.62. The molecule has 136 valence electrons. The number of carbonyl (C=O) groups excluding carboxylic acids is 2. The van der Waals surface area contributed by atoms with E-state index in [4.69, 9.17) is 10.5 Å². The predicted octanol–water partition coefficient (Wildman–Crippen LogP) is 2.14. The highest BCUT2D eigenvalue weighted by Crippen LogP contribution is 2.29. The minimum Gasteiger partial charge on any atom is -0.495 e. The number of carbonyl (C=O) groups is 2. The molecule has 0 bridgehead atoms. The van der Waals surface area contributed by atoms with Crippen LogP contribution in [0.2, 0.25) is 0 Å². The zero-order valence-electron chi connectivity index (χ0n) is 14.5. The molecule has 9 nitrogen and oxygen atoms in total. The summed E-state index contributed by atoms with van der Waals surface area (Å²) in [7, 11) is 4.63. The molecule has 0 radical (unpaired) electrons. The SMILES string of the molecule is COc1ccc(C(=O)N(C)C)cc1NC(=O)c1cccc([N+](=O)[O-])c1N. The van der Waals surface area contributed by atoms with Gasteiger partial charge in [0.05, 0.1) is 23.3 Å². The van der Waals surface area contributed by atoms with Crippen LogP contribution < -0.4 is 15.8 Å². The van der Waals surface area contributed by atoms with Crippen LogP contribution in [0.15, 0.2) is 36.4 Å². The Morgan fingerprint density at radius 1 is 1.23 bits per heavy atom. The molecule has 0 saturated carbocycles.